The number of ether oxygens (including phenoxy) is 2. The highest BCUT2D eigenvalue weighted by Crippen LogP contribution is 2.29. The normalized spacial score (nSPS) is 13.6. The van der Waals surface area contributed by atoms with E-state index in [1.165, 1.54) is 11.0 Å². The number of phenolic OH excluding ortho intramolecular Hbond substituents is 1. The predicted octanol–water partition coefficient (Wildman–Crippen LogP) is 7.16. The van der Waals surface area contributed by atoms with Crippen molar-refractivity contribution in [2.45, 2.75) is 137 Å². The molecule has 272 valence electrons. The van der Waals surface area contributed by atoms with E-state index in [-0.39, 0.29) is 24.6 Å². The van der Waals surface area contributed by atoms with Crippen molar-refractivity contribution in [2.24, 2.45) is 5.92 Å². The molecule has 3 amide bonds. The number of phenols is 1. The van der Waals surface area contributed by atoms with Gasteiger partial charge in [0.15, 0.2) is 0 Å². The Labute approximate surface area is 293 Å². The Balaban J connectivity index is 2.66. The fraction of sp³-hybridized carbons (Fsp3) is 0.590. The van der Waals surface area contributed by atoms with E-state index in [1.54, 1.807) is 60.6 Å². The van der Waals surface area contributed by atoms with Gasteiger partial charge in [-0.15, -0.1) is 0 Å². The number of esters is 1. The van der Waals surface area contributed by atoms with Crippen LogP contribution in [0.2, 0.25) is 0 Å². The van der Waals surface area contributed by atoms with E-state index < -0.39 is 53.2 Å². The van der Waals surface area contributed by atoms with E-state index in [0.29, 0.717) is 17.5 Å². The van der Waals surface area contributed by atoms with Crippen LogP contribution in [0.5, 0.6) is 5.75 Å². The second kappa shape index (κ2) is 18.6. The number of hydrogen-bond donors (Lipinski definition) is 3. The lowest BCUT2D eigenvalue weighted by Gasteiger charge is -2.36. The lowest BCUT2D eigenvalue weighted by atomic mass is 9.96. The van der Waals surface area contributed by atoms with Gasteiger partial charge >= 0.3 is 12.1 Å². The first kappa shape index (κ1) is 41.1. The average molecular weight is 682 g/mol. The molecule has 2 aromatic carbocycles. The number of amides is 3. The Morgan fingerprint density at radius 3 is 2.00 bits per heavy atom. The Kier molecular flexibility index (Phi) is 15.6. The number of hydrogen-bond acceptors (Lipinski definition) is 7. The fourth-order valence-electron chi connectivity index (χ4n) is 5.37. The molecule has 3 atom stereocenters. The SMILES string of the molecule is CCCCCCCN(C(=O)C(NC(=O)OC(C)(C)C)C(C)C)C(C(=O)NC(Cc1ccccc1)C(=O)OC(C)(C)C)c1ccc(O)c(C)c1. The zero-order valence-corrected chi connectivity index (χ0v) is 31.2. The van der Waals surface area contributed by atoms with E-state index in [4.69, 9.17) is 9.47 Å². The third kappa shape index (κ3) is 14.1. The van der Waals surface area contributed by atoms with E-state index >= 15 is 0 Å². The first-order valence-corrected chi connectivity index (χ1v) is 17.5. The third-order valence-corrected chi connectivity index (χ3v) is 7.78. The van der Waals surface area contributed by atoms with E-state index in [9.17, 15) is 24.3 Å². The van der Waals surface area contributed by atoms with Crippen LogP contribution in [-0.4, -0.2) is 63.7 Å². The van der Waals surface area contributed by atoms with Gasteiger partial charge in [-0.3, -0.25) is 9.59 Å². The monoisotopic (exact) mass is 681 g/mol. The Bertz CT molecular complexity index is 1380. The molecule has 0 aliphatic heterocycles. The van der Waals surface area contributed by atoms with Gasteiger partial charge in [-0.05, 0) is 89.6 Å². The molecule has 0 aliphatic carbocycles. The Morgan fingerprint density at radius 1 is 0.837 bits per heavy atom. The van der Waals surface area contributed by atoms with E-state index in [1.807, 2.05) is 44.2 Å². The van der Waals surface area contributed by atoms with Crippen molar-refractivity contribution >= 4 is 23.9 Å². The number of unbranched alkanes of at least 4 members (excludes halogenated alkanes) is 4. The zero-order chi connectivity index (χ0) is 36.9. The lowest BCUT2D eigenvalue weighted by Crippen LogP contribution is -2.56. The molecule has 49 heavy (non-hydrogen) atoms. The highest BCUT2D eigenvalue weighted by atomic mass is 16.6. The highest BCUT2D eigenvalue weighted by molar-refractivity contribution is 5.94. The molecule has 0 saturated carbocycles. The second-order valence-corrected chi connectivity index (χ2v) is 15.0. The topological polar surface area (TPSA) is 134 Å². The van der Waals surface area contributed by atoms with Crippen molar-refractivity contribution in [3.05, 3.63) is 65.2 Å². The summed E-state index contributed by atoms with van der Waals surface area (Å²) in [5, 5.41) is 16.0. The summed E-state index contributed by atoms with van der Waals surface area (Å²) in [6.07, 6.45) is 3.93. The zero-order valence-electron chi connectivity index (χ0n) is 31.2. The highest BCUT2D eigenvalue weighted by Gasteiger charge is 2.39. The largest absolute Gasteiger partial charge is 0.508 e. The van der Waals surface area contributed by atoms with Crippen LogP contribution in [0, 0.1) is 12.8 Å². The summed E-state index contributed by atoms with van der Waals surface area (Å²) in [5.74, 6) is -1.95. The maximum atomic E-state index is 14.6. The molecule has 3 N–H and O–H groups in total. The van der Waals surface area contributed by atoms with Crippen LogP contribution in [0.4, 0.5) is 4.79 Å². The molecule has 10 nitrogen and oxygen atoms in total. The summed E-state index contributed by atoms with van der Waals surface area (Å²) in [5.41, 5.74) is 0.210. The molecule has 10 heteroatoms. The average Bonchev–Trinajstić information content (AvgIpc) is 2.98. The molecule has 0 aliphatic rings. The van der Waals surface area contributed by atoms with E-state index in [0.717, 1.165) is 31.2 Å². The van der Waals surface area contributed by atoms with Crippen LogP contribution >= 0.6 is 0 Å². The number of carbonyl (C=O) groups excluding carboxylic acids is 4. The number of carbonyl (C=O) groups is 4. The van der Waals surface area contributed by atoms with Gasteiger partial charge in [0.05, 0.1) is 0 Å². The lowest BCUT2D eigenvalue weighted by molar-refractivity contribution is -0.159. The second-order valence-electron chi connectivity index (χ2n) is 15.0. The molecule has 2 rings (SSSR count). The maximum absolute atomic E-state index is 14.6. The van der Waals surface area contributed by atoms with Crippen molar-refractivity contribution in [2.75, 3.05) is 6.54 Å². The summed E-state index contributed by atoms with van der Waals surface area (Å²) in [6, 6.07) is 10.8. The summed E-state index contributed by atoms with van der Waals surface area (Å²) < 4.78 is 11.2. The Morgan fingerprint density at radius 2 is 1.45 bits per heavy atom. The van der Waals surface area contributed by atoms with Crippen LogP contribution in [0.1, 0.15) is 117 Å². The van der Waals surface area contributed by atoms with E-state index in [2.05, 4.69) is 17.6 Å². The number of benzene rings is 2. The number of nitrogens with zero attached hydrogens (tertiary/aromatic N) is 1. The molecule has 0 heterocycles. The van der Waals surface area contributed by atoms with Crippen molar-refractivity contribution in [3.8, 4) is 5.75 Å². The van der Waals surface area contributed by atoms with Gasteiger partial charge in [-0.1, -0.05) is 82.9 Å². The molecule has 0 fully saturated rings. The van der Waals surface area contributed by atoms with Crippen molar-refractivity contribution < 1.29 is 33.8 Å². The summed E-state index contributed by atoms with van der Waals surface area (Å²) in [6.45, 7) is 18.2. The summed E-state index contributed by atoms with van der Waals surface area (Å²) >= 11 is 0. The first-order chi connectivity index (χ1) is 22.8. The van der Waals surface area contributed by atoms with Crippen LogP contribution in [0.25, 0.3) is 0 Å². The fourth-order valence-corrected chi connectivity index (χ4v) is 5.37. The van der Waals surface area contributed by atoms with Gasteiger partial charge in [0.25, 0.3) is 0 Å². The number of aryl methyl sites for hydroxylation is 1. The molecule has 0 bridgehead atoms. The number of rotatable bonds is 16. The molecular weight excluding hydrogens is 622 g/mol. The summed E-state index contributed by atoms with van der Waals surface area (Å²) in [4.78, 5) is 57.2. The van der Waals surface area contributed by atoms with Crippen molar-refractivity contribution in [3.63, 3.8) is 0 Å². The van der Waals surface area contributed by atoms with Gasteiger partial charge in [0.2, 0.25) is 11.8 Å². The van der Waals surface area contributed by atoms with Gasteiger partial charge in [-0.25, -0.2) is 9.59 Å². The minimum Gasteiger partial charge on any atom is -0.508 e. The molecule has 0 aromatic heterocycles. The number of alkyl carbamates (subject to hydrolysis) is 1. The molecule has 0 spiro atoms. The number of nitrogens with one attached hydrogen (secondary N) is 2. The van der Waals surface area contributed by atoms with Gasteiger partial charge in [0.1, 0.15) is 35.1 Å². The minimum atomic E-state index is -1.19. The van der Waals surface area contributed by atoms with Gasteiger partial charge in [0, 0.05) is 13.0 Å². The molecular formula is C39H59N3O7. The standard InChI is InChI=1S/C39H59N3O7/c1-11-12-13-14-18-23-42(35(45)32(26(2)3)41-37(47)49-39(8,9)10)33(29-21-22-31(43)27(4)24-29)34(44)40-30(36(46)48-38(5,6)7)25-28-19-16-15-17-20-28/h15-17,19-22,24,26,30,32-33,43H,11-14,18,23,25H2,1-10H3,(H,40,44)(H,41,47). The smallest absolute Gasteiger partial charge is 0.408 e. The first-order valence-electron chi connectivity index (χ1n) is 17.5. The maximum Gasteiger partial charge on any atom is 0.408 e. The van der Waals surface area contributed by atoms with Gasteiger partial charge in [-0.2, -0.15) is 0 Å². The summed E-state index contributed by atoms with van der Waals surface area (Å²) in [7, 11) is 0. The molecule has 0 saturated heterocycles. The van der Waals surface area contributed by atoms with Crippen LogP contribution in [0.3, 0.4) is 0 Å². The van der Waals surface area contributed by atoms with Crippen molar-refractivity contribution in [1.29, 1.82) is 0 Å². The van der Waals surface area contributed by atoms with Crippen LogP contribution < -0.4 is 10.6 Å². The predicted molar refractivity (Wildman–Crippen MR) is 192 cm³/mol. The van der Waals surface area contributed by atoms with Gasteiger partial charge < -0.3 is 30.1 Å². The number of aromatic hydroxyl groups is 1. The van der Waals surface area contributed by atoms with Crippen LogP contribution in [-0.2, 0) is 30.3 Å². The molecule has 0 radical (unpaired) electrons. The minimum absolute atomic E-state index is 0.0442. The van der Waals surface area contributed by atoms with Crippen molar-refractivity contribution in [1.82, 2.24) is 15.5 Å². The molecule has 3 unspecified atom stereocenters. The third-order valence-electron chi connectivity index (χ3n) is 7.78. The Hall–Kier alpha value is -4.08. The molecule has 2 aromatic rings. The quantitative estimate of drug-likeness (QED) is 0.126. The van der Waals surface area contributed by atoms with Crippen LogP contribution in [0.15, 0.2) is 48.5 Å².